The van der Waals surface area contributed by atoms with Crippen molar-refractivity contribution < 1.29 is 32.0 Å². The molecule has 3 heterocycles. The summed E-state index contributed by atoms with van der Waals surface area (Å²) in [4.78, 5) is 19.2. The molecule has 0 N–H and O–H groups in total. The molecule has 0 amide bonds. The largest absolute Gasteiger partial charge is 0.487 e. The Bertz CT molecular complexity index is 1360. The summed E-state index contributed by atoms with van der Waals surface area (Å²) >= 11 is 18.5. The van der Waals surface area contributed by atoms with Gasteiger partial charge in [-0.25, -0.2) is 4.98 Å². The summed E-state index contributed by atoms with van der Waals surface area (Å²) in [6, 6.07) is 3.76. The van der Waals surface area contributed by atoms with Crippen LogP contribution in [-0.2, 0) is 15.7 Å². The molecule has 0 unspecified atom stereocenters. The molecule has 3 aromatic heterocycles. The normalized spacial score (nSPS) is 11.7. The van der Waals surface area contributed by atoms with Gasteiger partial charge in [0.05, 0.1) is 20.6 Å². The van der Waals surface area contributed by atoms with Crippen LogP contribution in [0.3, 0.4) is 0 Å². The minimum atomic E-state index is -4.57. The molecule has 0 aliphatic carbocycles. The Balaban J connectivity index is 1.59. The van der Waals surface area contributed by atoms with Crippen LogP contribution in [0, 0.1) is 0 Å². The first-order valence-corrected chi connectivity index (χ1v) is 10.5. The number of aromatic nitrogens is 4. The Labute approximate surface area is 204 Å². The van der Waals surface area contributed by atoms with E-state index >= 15 is 0 Å². The van der Waals surface area contributed by atoms with Gasteiger partial charge in [0.25, 0.3) is 5.89 Å². The number of ether oxygens (including phenoxy) is 2. The predicted octanol–water partition coefficient (Wildman–Crippen LogP) is 5.97. The number of carbonyl (C=O) groups excluding carboxylic acids is 1. The first kappa shape index (κ1) is 24.1. The minimum absolute atomic E-state index is 0.0193. The van der Waals surface area contributed by atoms with Crippen LogP contribution in [0.1, 0.15) is 12.5 Å². The van der Waals surface area contributed by atoms with E-state index in [1.54, 1.807) is 0 Å². The molecule has 0 radical (unpaired) electrons. The number of imidazole rings is 1. The summed E-state index contributed by atoms with van der Waals surface area (Å²) in [5.41, 5.74) is -0.341. The summed E-state index contributed by atoms with van der Waals surface area (Å²) in [6.07, 6.45) is -2.43. The number of halogens is 6. The number of fused-ring (bicyclic) bond motifs is 1. The van der Waals surface area contributed by atoms with E-state index in [4.69, 9.17) is 48.8 Å². The van der Waals surface area contributed by atoms with Gasteiger partial charge in [0, 0.05) is 24.9 Å². The van der Waals surface area contributed by atoms with Crippen molar-refractivity contribution in [2.75, 3.05) is 13.2 Å². The van der Waals surface area contributed by atoms with Gasteiger partial charge < -0.3 is 18.4 Å². The molecule has 0 spiro atoms. The number of esters is 1. The molecule has 4 rings (SSSR count). The first-order chi connectivity index (χ1) is 16.0. The Kier molecular flexibility index (Phi) is 6.61. The lowest BCUT2D eigenvalue weighted by molar-refractivity contribution is -0.141. The second-order valence-electron chi connectivity index (χ2n) is 6.81. The highest BCUT2D eigenvalue weighted by molar-refractivity contribution is 6.37. The van der Waals surface area contributed by atoms with Gasteiger partial charge in [0.1, 0.15) is 18.9 Å². The topological polar surface area (TPSA) is 91.8 Å². The number of benzene rings is 1. The number of rotatable bonds is 6. The number of pyridine rings is 1. The molecule has 0 saturated carbocycles. The zero-order chi connectivity index (χ0) is 24.6. The van der Waals surface area contributed by atoms with E-state index < -0.39 is 17.7 Å². The standard InChI is InChI=1S/C20H12Cl3F3N4O4/c1-9(31)32-2-3-33-16-12(21)4-10(5-13(16)22)17-28-19(34-29-17)15-8-30-7-11(20(24,25)26)6-14(23)18(30)27-15/h4-8H,2-3H2,1H3. The fourth-order valence-electron chi connectivity index (χ4n) is 2.92. The van der Waals surface area contributed by atoms with Crippen molar-refractivity contribution in [2.45, 2.75) is 13.1 Å². The molecule has 0 aliphatic rings. The summed E-state index contributed by atoms with van der Waals surface area (Å²) in [7, 11) is 0. The van der Waals surface area contributed by atoms with Crippen molar-refractivity contribution in [1.82, 2.24) is 19.5 Å². The van der Waals surface area contributed by atoms with E-state index in [9.17, 15) is 18.0 Å². The molecular formula is C20H12Cl3F3N4O4. The highest BCUT2D eigenvalue weighted by atomic mass is 35.5. The predicted molar refractivity (Wildman–Crippen MR) is 116 cm³/mol. The molecule has 0 saturated heterocycles. The summed E-state index contributed by atoms with van der Waals surface area (Å²) < 4.78 is 55.7. The van der Waals surface area contributed by atoms with Gasteiger partial charge in [-0.15, -0.1) is 0 Å². The van der Waals surface area contributed by atoms with E-state index in [0.717, 1.165) is 16.7 Å². The molecule has 4 aromatic rings. The highest BCUT2D eigenvalue weighted by Crippen LogP contribution is 2.37. The molecule has 34 heavy (non-hydrogen) atoms. The smallest absolute Gasteiger partial charge is 0.417 e. The van der Waals surface area contributed by atoms with Gasteiger partial charge in [0.2, 0.25) is 5.82 Å². The third kappa shape index (κ3) is 5.06. The van der Waals surface area contributed by atoms with Crippen molar-refractivity contribution in [3.05, 3.63) is 51.2 Å². The van der Waals surface area contributed by atoms with Crippen LogP contribution in [0.25, 0.3) is 28.6 Å². The lowest BCUT2D eigenvalue weighted by atomic mass is 10.2. The van der Waals surface area contributed by atoms with Crippen molar-refractivity contribution in [1.29, 1.82) is 0 Å². The van der Waals surface area contributed by atoms with E-state index in [1.807, 2.05) is 0 Å². The van der Waals surface area contributed by atoms with Crippen LogP contribution in [0.15, 0.2) is 35.1 Å². The lowest BCUT2D eigenvalue weighted by Crippen LogP contribution is -2.10. The van der Waals surface area contributed by atoms with Crippen LogP contribution in [0.5, 0.6) is 5.75 Å². The van der Waals surface area contributed by atoms with Crippen molar-refractivity contribution in [2.24, 2.45) is 0 Å². The van der Waals surface area contributed by atoms with E-state index in [1.165, 1.54) is 25.3 Å². The van der Waals surface area contributed by atoms with Gasteiger partial charge in [-0.1, -0.05) is 40.0 Å². The zero-order valence-electron chi connectivity index (χ0n) is 17.0. The average Bonchev–Trinajstić information content (AvgIpc) is 3.39. The summed E-state index contributed by atoms with van der Waals surface area (Å²) in [6.45, 7) is 1.33. The van der Waals surface area contributed by atoms with Gasteiger partial charge in [-0.3, -0.25) is 4.79 Å². The highest BCUT2D eigenvalue weighted by Gasteiger charge is 2.32. The Morgan fingerprint density at radius 2 is 1.76 bits per heavy atom. The monoisotopic (exact) mass is 534 g/mol. The van der Waals surface area contributed by atoms with E-state index in [0.29, 0.717) is 5.56 Å². The Hall–Kier alpha value is -3.02. The maximum Gasteiger partial charge on any atom is 0.417 e. The van der Waals surface area contributed by atoms with Gasteiger partial charge in [-0.05, 0) is 18.2 Å². The average molecular weight is 536 g/mol. The molecule has 178 valence electrons. The maximum absolute atomic E-state index is 13.0. The number of hydrogen-bond acceptors (Lipinski definition) is 7. The molecular weight excluding hydrogens is 524 g/mol. The van der Waals surface area contributed by atoms with Gasteiger partial charge in [0.15, 0.2) is 11.4 Å². The van der Waals surface area contributed by atoms with E-state index in [-0.39, 0.29) is 57.1 Å². The molecule has 0 aliphatic heterocycles. The Morgan fingerprint density at radius 3 is 2.41 bits per heavy atom. The van der Waals surface area contributed by atoms with Crippen molar-refractivity contribution >= 4 is 46.4 Å². The Morgan fingerprint density at radius 1 is 1.06 bits per heavy atom. The van der Waals surface area contributed by atoms with Gasteiger partial charge in [-0.2, -0.15) is 18.2 Å². The molecule has 0 atom stereocenters. The molecule has 1 aromatic carbocycles. The third-order valence-electron chi connectivity index (χ3n) is 4.37. The number of carbonyl (C=O) groups is 1. The number of nitrogens with zero attached hydrogens (tertiary/aromatic N) is 4. The molecule has 8 nitrogen and oxygen atoms in total. The maximum atomic E-state index is 13.0. The van der Waals surface area contributed by atoms with Crippen molar-refractivity contribution in [3.63, 3.8) is 0 Å². The fourth-order valence-corrected chi connectivity index (χ4v) is 3.77. The molecule has 0 fully saturated rings. The van der Waals surface area contributed by atoms with Gasteiger partial charge >= 0.3 is 12.1 Å². The van der Waals surface area contributed by atoms with Crippen LogP contribution >= 0.6 is 34.8 Å². The van der Waals surface area contributed by atoms with Crippen LogP contribution in [0.2, 0.25) is 15.1 Å². The SMILES string of the molecule is CC(=O)OCCOc1c(Cl)cc(-c2noc(-c3cn4cc(C(F)(F)F)cc(Cl)c4n3)n2)cc1Cl. The minimum Gasteiger partial charge on any atom is -0.487 e. The second-order valence-corrected chi connectivity index (χ2v) is 8.03. The van der Waals surface area contributed by atoms with Crippen LogP contribution in [0.4, 0.5) is 13.2 Å². The summed E-state index contributed by atoms with van der Waals surface area (Å²) in [5.74, 6) is -0.224. The second kappa shape index (κ2) is 9.32. The van der Waals surface area contributed by atoms with Crippen LogP contribution in [-0.4, -0.2) is 38.7 Å². The van der Waals surface area contributed by atoms with E-state index in [2.05, 4.69) is 15.1 Å². The van der Waals surface area contributed by atoms with Crippen LogP contribution < -0.4 is 4.74 Å². The van der Waals surface area contributed by atoms with Crippen molar-refractivity contribution in [3.8, 4) is 28.7 Å². The lowest BCUT2D eigenvalue weighted by Gasteiger charge is -2.10. The quantitative estimate of drug-likeness (QED) is 0.222. The summed E-state index contributed by atoms with van der Waals surface area (Å²) in [5, 5.41) is 3.96. The number of alkyl halides is 3. The fraction of sp³-hybridized carbons (Fsp3) is 0.200. The molecule has 14 heteroatoms. The number of hydrogen-bond donors (Lipinski definition) is 0. The first-order valence-electron chi connectivity index (χ1n) is 9.38. The zero-order valence-corrected chi connectivity index (χ0v) is 19.3. The molecule has 0 bridgehead atoms. The third-order valence-corrected chi connectivity index (χ3v) is 5.21.